The minimum absolute atomic E-state index is 0.0482. The summed E-state index contributed by atoms with van der Waals surface area (Å²) in [5, 5.41) is 20.7. The number of hydrogen-bond acceptors (Lipinski definition) is 11. The van der Waals surface area contributed by atoms with E-state index in [1.807, 2.05) is 50.7 Å². The van der Waals surface area contributed by atoms with Crippen molar-refractivity contribution in [3.05, 3.63) is 58.6 Å². The number of rotatable bonds is 18. The van der Waals surface area contributed by atoms with Crippen molar-refractivity contribution < 1.29 is 33.4 Å². The molecule has 1 aliphatic rings. The summed E-state index contributed by atoms with van der Waals surface area (Å²) >= 11 is 1.60. The molecule has 1 aliphatic heterocycles. The minimum atomic E-state index is -1.24. The number of carbonyl (C=O) groups is 2. The number of thiazole rings is 1. The second kappa shape index (κ2) is 17.5. The van der Waals surface area contributed by atoms with Gasteiger partial charge in [0.05, 0.1) is 60.9 Å². The number of likely N-dealkylation sites (N-methyl/N-ethyl adjacent to an activating group) is 1. The Labute approximate surface area is 268 Å². The lowest BCUT2D eigenvalue weighted by Crippen LogP contribution is -2.48. The van der Waals surface area contributed by atoms with Crippen molar-refractivity contribution in [2.45, 2.75) is 64.3 Å². The molecule has 0 spiro atoms. The van der Waals surface area contributed by atoms with E-state index in [1.165, 1.54) is 0 Å². The molecule has 3 heterocycles. The van der Waals surface area contributed by atoms with Crippen LogP contribution in [0.25, 0.3) is 10.4 Å². The summed E-state index contributed by atoms with van der Waals surface area (Å²) in [6.07, 6.45) is -0.0527. The van der Waals surface area contributed by atoms with Crippen molar-refractivity contribution in [3.8, 4) is 10.4 Å². The SMILES string of the molecule is CNCCOCCOCCO[C@@H](O)C[C@H](C(=O)N1CCCC1C(=O)N[C@@H](C)c1ccc(-c2scnc2C)cc1)c1cc(C)no1. The Bertz CT molecular complexity index is 1350. The van der Waals surface area contributed by atoms with Crippen molar-refractivity contribution in [1.29, 1.82) is 0 Å². The molecule has 2 amide bonds. The van der Waals surface area contributed by atoms with Crippen molar-refractivity contribution in [1.82, 2.24) is 25.7 Å². The van der Waals surface area contributed by atoms with Crippen LogP contribution in [0.3, 0.4) is 0 Å². The fraction of sp³-hybridized carbons (Fsp3) is 0.562. The maximum absolute atomic E-state index is 13.9. The predicted molar refractivity (Wildman–Crippen MR) is 170 cm³/mol. The third-order valence-electron chi connectivity index (χ3n) is 7.75. The van der Waals surface area contributed by atoms with E-state index in [9.17, 15) is 14.7 Å². The van der Waals surface area contributed by atoms with Crippen LogP contribution < -0.4 is 10.6 Å². The van der Waals surface area contributed by atoms with E-state index >= 15 is 0 Å². The molecule has 4 atom stereocenters. The Morgan fingerprint density at radius 3 is 2.53 bits per heavy atom. The highest BCUT2D eigenvalue weighted by Gasteiger charge is 2.40. The van der Waals surface area contributed by atoms with E-state index in [1.54, 1.807) is 29.2 Å². The number of nitrogens with one attached hydrogen (secondary N) is 2. The van der Waals surface area contributed by atoms with Gasteiger partial charge in [0, 0.05) is 25.6 Å². The molecule has 1 unspecified atom stereocenters. The van der Waals surface area contributed by atoms with Crippen molar-refractivity contribution in [2.75, 3.05) is 53.2 Å². The number of hydrogen-bond donors (Lipinski definition) is 3. The van der Waals surface area contributed by atoms with Gasteiger partial charge in [0.1, 0.15) is 17.7 Å². The summed E-state index contributed by atoms with van der Waals surface area (Å²) in [5.74, 6) is -1.06. The molecule has 246 valence electrons. The highest BCUT2D eigenvalue weighted by molar-refractivity contribution is 7.13. The molecule has 12 nitrogen and oxygen atoms in total. The van der Waals surface area contributed by atoms with Gasteiger partial charge in [0.2, 0.25) is 11.8 Å². The maximum atomic E-state index is 13.9. The van der Waals surface area contributed by atoms with E-state index in [0.717, 1.165) is 28.2 Å². The Morgan fingerprint density at radius 2 is 1.87 bits per heavy atom. The number of aliphatic hydroxyl groups excluding tert-OH is 1. The molecule has 0 aliphatic carbocycles. The number of likely N-dealkylation sites (tertiary alicyclic amines) is 1. The summed E-state index contributed by atoms with van der Waals surface area (Å²) in [6, 6.07) is 8.87. The van der Waals surface area contributed by atoms with Gasteiger partial charge in [-0.3, -0.25) is 9.59 Å². The molecule has 45 heavy (non-hydrogen) atoms. The largest absolute Gasteiger partial charge is 0.378 e. The van der Waals surface area contributed by atoms with Crippen molar-refractivity contribution >= 4 is 23.2 Å². The van der Waals surface area contributed by atoms with Gasteiger partial charge in [-0.2, -0.15) is 0 Å². The predicted octanol–water partition coefficient (Wildman–Crippen LogP) is 3.34. The average molecular weight is 644 g/mol. The number of aromatic nitrogens is 2. The van der Waals surface area contributed by atoms with Gasteiger partial charge in [0.25, 0.3) is 0 Å². The Kier molecular flexibility index (Phi) is 13.5. The highest BCUT2D eigenvalue weighted by Crippen LogP contribution is 2.31. The Balaban J connectivity index is 1.32. The number of aliphatic hydroxyl groups is 1. The van der Waals surface area contributed by atoms with Crippen LogP contribution in [-0.4, -0.2) is 97.5 Å². The molecule has 2 aromatic heterocycles. The number of benzene rings is 1. The van der Waals surface area contributed by atoms with Gasteiger partial charge < -0.3 is 39.4 Å². The van der Waals surface area contributed by atoms with E-state index in [4.69, 9.17) is 18.7 Å². The molecule has 13 heteroatoms. The van der Waals surface area contributed by atoms with Gasteiger partial charge in [-0.1, -0.05) is 29.4 Å². The summed E-state index contributed by atoms with van der Waals surface area (Å²) in [4.78, 5) is 34.4. The lowest BCUT2D eigenvalue weighted by molar-refractivity contribution is -0.146. The van der Waals surface area contributed by atoms with E-state index in [0.29, 0.717) is 50.7 Å². The van der Waals surface area contributed by atoms with Gasteiger partial charge in [0.15, 0.2) is 6.29 Å². The lowest BCUT2D eigenvalue weighted by Gasteiger charge is -2.29. The zero-order chi connectivity index (χ0) is 32.2. The van der Waals surface area contributed by atoms with E-state index in [-0.39, 0.29) is 37.5 Å². The molecule has 3 N–H and O–H groups in total. The molecular formula is C32H45N5O7S. The number of carbonyl (C=O) groups excluding carboxylic acids is 2. The molecular weight excluding hydrogens is 598 g/mol. The molecule has 1 fully saturated rings. The summed E-state index contributed by atoms with van der Waals surface area (Å²) in [6.45, 7) is 8.78. The maximum Gasteiger partial charge on any atom is 0.243 e. The van der Waals surface area contributed by atoms with Crippen LogP contribution in [-0.2, 0) is 23.8 Å². The summed E-state index contributed by atoms with van der Waals surface area (Å²) < 4.78 is 21.9. The van der Waals surface area contributed by atoms with Gasteiger partial charge in [-0.25, -0.2) is 4.98 Å². The molecule has 1 saturated heterocycles. The van der Waals surface area contributed by atoms with Crippen LogP contribution in [0.2, 0.25) is 0 Å². The lowest BCUT2D eigenvalue weighted by atomic mass is 9.99. The first-order valence-electron chi connectivity index (χ1n) is 15.4. The molecule has 1 aromatic carbocycles. The molecule has 0 saturated carbocycles. The second-order valence-corrected chi connectivity index (χ2v) is 12.0. The first-order valence-corrected chi connectivity index (χ1v) is 16.3. The highest BCUT2D eigenvalue weighted by atomic mass is 32.1. The summed E-state index contributed by atoms with van der Waals surface area (Å²) in [7, 11) is 1.86. The Hall–Kier alpha value is -3.20. The Morgan fingerprint density at radius 1 is 1.13 bits per heavy atom. The number of ether oxygens (including phenoxy) is 3. The van der Waals surface area contributed by atoms with Crippen molar-refractivity contribution in [2.24, 2.45) is 0 Å². The zero-order valence-corrected chi connectivity index (χ0v) is 27.3. The standard InChI is InChI=1S/C32H45N5O7S/c1-21-18-28(44-36-21)26(19-29(38)43-17-16-42-15-14-41-13-11-33-4)32(40)37-12-5-6-27(37)31(39)35-22(2)24-7-9-25(10-8-24)30-23(3)34-20-45-30/h7-10,18,20,22,26-27,29,33,38H,5-6,11-17,19H2,1-4H3,(H,35,39)/t22-,26-,27?,29+/m0/s1. The monoisotopic (exact) mass is 643 g/mol. The van der Waals surface area contributed by atoms with Crippen LogP contribution in [0.5, 0.6) is 0 Å². The normalized spacial score (nSPS) is 16.9. The molecule has 4 rings (SSSR count). The van der Waals surface area contributed by atoms with Crippen LogP contribution in [0.4, 0.5) is 0 Å². The van der Waals surface area contributed by atoms with Crippen molar-refractivity contribution in [3.63, 3.8) is 0 Å². The first kappa shape index (κ1) is 34.7. The topological polar surface area (TPSA) is 148 Å². The van der Waals surface area contributed by atoms with Gasteiger partial charge in [-0.05, 0) is 51.8 Å². The molecule has 0 radical (unpaired) electrons. The van der Waals surface area contributed by atoms with E-state index in [2.05, 4.69) is 20.8 Å². The second-order valence-electron chi connectivity index (χ2n) is 11.1. The third-order valence-corrected chi connectivity index (χ3v) is 8.72. The van der Waals surface area contributed by atoms with Crippen LogP contribution in [0.1, 0.15) is 60.9 Å². The smallest absolute Gasteiger partial charge is 0.243 e. The van der Waals surface area contributed by atoms with Gasteiger partial charge in [-0.15, -0.1) is 11.3 Å². The molecule has 0 bridgehead atoms. The fourth-order valence-corrected chi connectivity index (χ4v) is 6.11. The quantitative estimate of drug-likeness (QED) is 0.139. The zero-order valence-electron chi connectivity index (χ0n) is 26.5. The number of aryl methyl sites for hydroxylation is 2. The minimum Gasteiger partial charge on any atom is -0.378 e. The fourth-order valence-electron chi connectivity index (χ4n) is 5.29. The third kappa shape index (κ3) is 9.89. The summed E-state index contributed by atoms with van der Waals surface area (Å²) in [5.41, 5.74) is 5.49. The number of amides is 2. The number of nitrogens with zero attached hydrogens (tertiary/aromatic N) is 3. The van der Waals surface area contributed by atoms with Gasteiger partial charge >= 0.3 is 0 Å². The average Bonchev–Trinajstić information content (AvgIpc) is 3.80. The van der Waals surface area contributed by atoms with Crippen LogP contribution in [0, 0.1) is 13.8 Å². The molecule has 3 aromatic rings. The van der Waals surface area contributed by atoms with Crippen LogP contribution in [0.15, 0.2) is 40.4 Å². The first-order chi connectivity index (χ1) is 21.8. The van der Waals surface area contributed by atoms with Crippen LogP contribution >= 0.6 is 11.3 Å². The van der Waals surface area contributed by atoms with E-state index < -0.39 is 18.2 Å².